The molecule has 1 heterocycles. The predicted octanol–water partition coefficient (Wildman–Crippen LogP) is 2.01. The van der Waals surface area contributed by atoms with Gasteiger partial charge in [-0.1, -0.05) is 37.3 Å². The summed E-state index contributed by atoms with van der Waals surface area (Å²) >= 11 is 0. The van der Waals surface area contributed by atoms with E-state index in [1.807, 2.05) is 6.92 Å². The highest BCUT2D eigenvalue weighted by Gasteiger charge is 2.17. The van der Waals surface area contributed by atoms with Gasteiger partial charge in [-0.25, -0.2) is 0 Å². The van der Waals surface area contributed by atoms with E-state index in [0.717, 1.165) is 25.6 Å². The van der Waals surface area contributed by atoms with Gasteiger partial charge in [-0.15, -0.1) is 0 Å². The molecule has 1 aliphatic heterocycles. The molecule has 0 radical (unpaired) electrons. The minimum atomic E-state index is 0.712. The van der Waals surface area contributed by atoms with Gasteiger partial charge in [-0.05, 0) is 45.0 Å². The summed E-state index contributed by atoms with van der Waals surface area (Å²) in [7, 11) is 2.07. The molecule has 4 nitrogen and oxygen atoms in total. The van der Waals surface area contributed by atoms with E-state index in [9.17, 15) is 4.79 Å². The molecule has 1 aliphatic rings. The van der Waals surface area contributed by atoms with Crippen LogP contribution in [0.5, 0.6) is 0 Å². The van der Waals surface area contributed by atoms with Gasteiger partial charge in [0.25, 0.3) is 0 Å². The van der Waals surface area contributed by atoms with E-state index in [-0.39, 0.29) is 0 Å². The van der Waals surface area contributed by atoms with E-state index < -0.39 is 0 Å². The van der Waals surface area contributed by atoms with Crippen molar-refractivity contribution >= 4 is 6.41 Å². The Labute approximate surface area is 128 Å². The average Bonchev–Trinajstić information content (AvgIpc) is 2.55. The lowest BCUT2D eigenvalue weighted by atomic mass is 10.0. The van der Waals surface area contributed by atoms with Crippen LogP contribution in [0.4, 0.5) is 0 Å². The summed E-state index contributed by atoms with van der Waals surface area (Å²) in [5.41, 5.74) is 1.43. The largest absolute Gasteiger partial charge is 0.359 e. The Hall–Kier alpha value is -1.39. The molecule has 0 aliphatic carbocycles. The average molecular weight is 291 g/mol. The summed E-state index contributed by atoms with van der Waals surface area (Å²) in [5, 5.41) is 5.88. The number of nitrogens with one attached hydrogen (secondary N) is 2. The molecule has 1 aromatic rings. The van der Waals surface area contributed by atoms with Gasteiger partial charge in [-0.3, -0.25) is 9.69 Å². The Morgan fingerprint density at radius 3 is 2.38 bits per heavy atom. The second-order valence-electron chi connectivity index (χ2n) is 5.40. The van der Waals surface area contributed by atoms with E-state index in [2.05, 4.69) is 52.9 Å². The van der Waals surface area contributed by atoms with Crippen molar-refractivity contribution in [1.82, 2.24) is 15.5 Å². The number of amides is 1. The molecule has 1 amide bonds. The smallest absolute Gasteiger partial charge is 0.207 e. The summed E-state index contributed by atoms with van der Waals surface area (Å²) in [4.78, 5) is 12.0. The SMILES string of the molecule is CCCNC=O.CNC1CCN(Cc2ccccc2)CC1. The summed E-state index contributed by atoms with van der Waals surface area (Å²) in [6.07, 6.45) is 4.29. The number of carbonyl (C=O) groups excluding carboxylic acids is 1. The fraction of sp³-hybridized carbons (Fsp3) is 0.588. The molecule has 118 valence electrons. The zero-order valence-corrected chi connectivity index (χ0v) is 13.3. The lowest BCUT2D eigenvalue weighted by molar-refractivity contribution is -0.109. The lowest BCUT2D eigenvalue weighted by Crippen LogP contribution is -2.40. The zero-order chi connectivity index (χ0) is 15.3. The van der Waals surface area contributed by atoms with Crippen molar-refractivity contribution in [3.05, 3.63) is 35.9 Å². The topological polar surface area (TPSA) is 44.4 Å². The summed E-state index contributed by atoms with van der Waals surface area (Å²) in [6, 6.07) is 11.5. The molecular weight excluding hydrogens is 262 g/mol. The highest BCUT2D eigenvalue weighted by molar-refractivity contribution is 5.45. The molecule has 2 rings (SSSR count). The van der Waals surface area contributed by atoms with Gasteiger partial charge in [0.2, 0.25) is 6.41 Å². The molecule has 1 fully saturated rings. The predicted molar refractivity (Wildman–Crippen MR) is 88.2 cm³/mol. The van der Waals surface area contributed by atoms with Gasteiger partial charge < -0.3 is 10.6 Å². The third-order valence-electron chi connectivity index (χ3n) is 3.72. The minimum absolute atomic E-state index is 0.712. The maximum absolute atomic E-state index is 9.45. The maximum Gasteiger partial charge on any atom is 0.207 e. The Morgan fingerprint density at radius 2 is 1.90 bits per heavy atom. The summed E-state index contributed by atoms with van der Waals surface area (Å²) in [6.45, 7) is 6.36. The number of benzene rings is 1. The van der Waals surface area contributed by atoms with Crippen LogP contribution < -0.4 is 10.6 Å². The maximum atomic E-state index is 9.45. The Bertz CT molecular complexity index is 362. The molecule has 21 heavy (non-hydrogen) atoms. The van der Waals surface area contributed by atoms with Crippen LogP contribution in [0.15, 0.2) is 30.3 Å². The highest BCUT2D eigenvalue weighted by Crippen LogP contribution is 2.13. The van der Waals surface area contributed by atoms with Crippen molar-refractivity contribution in [2.24, 2.45) is 0 Å². The van der Waals surface area contributed by atoms with Crippen LogP contribution in [0.1, 0.15) is 31.7 Å². The van der Waals surface area contributed by atoms with Crippen LogP contribution in [0.25, 0.3) is 0 Å². The van der Waals surface area contributed by atoms with Gasteiger partial charge in [0.15, 0.2) is 0 Å². The molecule has 1 saturated heterocycles. The number of hydrogen-bond acceptors (Lipinski definition) is 3. The molecule has 2 N–H and O–H groups in total. The van der Waals surface area contributed by atoms with Crippen molar-refractivity contribution in [2.75, 3.05) is 26.7 Å². The molecule has 4 heteroatoms. The first-order chi connectivity index (χ1) is 10.3. The molecule has 0 atom stereocenters. The standard InChI is InChI=1S/C13H20N2.C4H9NO/c1-14-13-7-9-15(10-8-13)11-12-5-3-2-4-6-12;1-2-3-5-4-6/h2-6,13-14H,7-11H2,1H3;4H,2-3H2,1H3,(H,5,6). The van der Waals surface area contributed by atoms with Crippen LogP contribution in [-0.4, -0.2) is 44.0 Å². The van der Waals surface area contributed by atoms with Crippen molar-refractivity contribution < 1.29 is 4.79 Å². The number of hydrogen-bond donors (Lipinski definition) is 2. The van der Waals surface area contributed by atoms with Crippen LogP contribution in [0.3, 0.4) is 0 Å². The number of likely N-dealkylation sites (tertiary alicyclic amines) is 1. The van der Waals surface area contributed by atoms with Crippen LogP contribution in [0, 0.1) is 0 Å². The molecular formula is C17H29N3O. The third kappa shape index (κ3) is 7.83. The quantitative estimate of drug-likeness (QED) is 0.622. The van der Waals surface area contributed by atoms with E-state index in [1.165, 1.54) is 31.5 Å². The zero-order valence-electron chi connectivity index (χ0n) is 13.3. The first-order valence-electron chi connectivity index (χ1n) is 7.90. The minimum Gasteiger partial charge on any atom is -0.359 e. The van der Waals surface area contributed by atoms with Gasteiger partial charge in [0.05, 0.1) is 0 Å². The number of carbonyl (C=O) groups is 1. The van der Waals surface area contributed by atoms with Crippen molar-refractivity contribution in [3.63, 3.8) is 0 Å². The Morgan fingerprint density at radius 1 is 1.24 bits per heavy atom. The fourth-order valence-corrected chi connectivity index (χ4v) is 2.42. The Balaban J connectivity index is 0.000000315. The van der Waals surface area contributed by atoms with Crippen LogP contribution in [0.2, 0.25) is 0 Å². The molecule has 0 bridgehead atoms. The Kier molecular flexibility index (Phi) is 9.49. The highest BCUT2D eigenvalue weighted by atomic mass is 16.1. The normalized spacial score (nSPS) is 15.9. The van der Waals surface area contributed by atoms with Crippen LogP contribution in [-0.2, 0) is 11.3 Å². The van der Waals surface area contributed by atoms with E-state index in [0.29, 0.717) is 6.41 Å². The van der Waals surface area contributed by atoms with E-state index >= 15 is 0 Å². The first-order valence-corrected chi connectivity index (χ1v) is 7.90. The number of rotatable bonds is 6. The molecule has 0 unspecified atom stereocenters. The van der Waals surface area contributed by atoms with Gasteiger partial charge in [-0.2, -0.15) is 0 Å². The monoisotopic (exact) mass is 291 g/mol. The van der Waals surface area contributed by atoms with Crippen molar-refractivity contribution in [1.29, 1.82) is 0 Å². The fourth-order valence-electron chi connectivity index (χ4n) is 2.42. The second kappa shape index (κ2) is 11.3. The van der Waals surface area contributed by atoms with Gasteiger partial charge in [0, 0.05) is 19.1 Å². The van der Waals surface area contributed by atoms with Gasteiger partial charge >= 0.3 is 0 Å². The molecule has 0 spiro atoms. The van der Waals surface area contributed by atoms with Crippen molar-refractivity contribution in [2.45, 2.75) is 38.8 Å². The first kappa shape index (κ1) is 17.7. The lowest BCUT2D eigenvalue weighted by Gasteiger charge is -2.31. The molecule has 0 saturated carbocycles. The van der Waals surface area contributed by atoms with E-state index in [4.69, 9.17) is 0 Å². The molecule has 1 aromatic carbocycles. The second-order valence-corrected chi connectivity index (χ2v) is 5.40. The van der Waals surface area contributed by atoms with Gasteiger partial charge in [0.1, 0.15) is 0 Å². The summed E-state index contributed by atoms with van der Waals surface area (Å²) in [5.74, 6) is 0. The van der Waals surface area contributed by atoms with Crippen molar-refractivity contribution in [3.8, 4) is 0 Å². The summed E-state index contributed by atoms with van der Waals surface area (Å²) < 4.78 is 0. The number of nitrogens with zero attached hydrogens (tertiary/aromatic N) is 1. The number of piperidine rings is 1. The van der Waals surface area contributed by atoms with Crippen LogP contribution >= 0.6 is 0 Å². The molecule has 0 aromatic heterocycles. The third-order valence-corrected chi connectivity index (χ3v) is 3.72. The van der Waals surface area contributed by atoms with E-state index in [1.54, 1.807) is 0 Å².